The number of hydrogen-bond acceptors (Lipinski definition) is 3. The van der Waals surface area contributed by atoms with Gasteiger partial charge in [0.1, 0.15) is 17.3 Å². The van der Waals surface area contributed by atoms with Gasteiger partial charge in [-0.05, 0) is 83.4 Å². The fourth-order valence-corrected chi connectivity index (χ4v) is 9.23. The molecular weight excluding hydrogens is 697 g/mol. The van der Waals surface area contributed by atoms with Crippen LogP contribution in [-0.2, 0) is 0 Å². The molecule has 0 fully saturated rings. The summed E-state index contributed by atoms with van der Waals surface area (Å²) in [6, 6.07) is 67.4. The molecule has 11 aromatic rings. The zero-order chi connectivity index (χ0) is 37.5. The Bertz CT molecular complexity index is 3360. The average molecular weight is 733 g/mol. The van der Waals surface area contributed by atoms with Crippen LogP contribution >= 0.6 is 0 Å². The third-order valence-electron chi connectivity index (χ3n) is 11.8. The van der Waals surface area contributed by atoms with Gasteiger partial charge in [0.2, 0.25) is 0 Å². The molecule has 0 radical (unpaired) electrons. The molecular formula is C52H36N4O. The number of nitrogens with zero attached hydrogens (tertiary/aromatic N) is 2. The lowest BCUT2D eigenvalue weighted by molar-refractivity contribution is 0.442. The van der Waals surface area contributed by atoms with Gasteiger partial charge in [0.25, 0.3) is 0 Å². The molecule has 0 aliphatic carbocycles. The van der Waals surface area contributed by atoms with Crippen molar-refractivity contribution in [1.29, 1.82) is 0 Å². The van der Waals surface area contributed by atoms with E-state index in [1.807, 2.05) is 6.07 Å². The first-order valence-corrected chi connectivity index (χ1v) is 19.6. The topological polar surface area (TPSA) is 47.1 Å². The van der Waals surface area contributed by atoms with Crippen molar-refractivity contribution in [2.24, 2.45) is 0 Å². The van der Waals surface area contributed by atoms with E-state index in [1.165, 1.54) is 38.2 Å². The molecule has 1 aliphatic heterocycles. The average Bonchev–Trinajstić information content (AvgIpc) is 3.93. The number of fused-ring (bicyclic) bond motifs is 10. The van der Waals surface area contributed by atoms with Crippen molar-refractivity contribution < 1.29 is 4.42 Å². The normalized spacial score (nSPS) is 15.9. The van der Waals surface area contributed by atoms with Gasteiger partial charge < -0.3 is 18.9 Å². The van der Waals surface area contributed by atoms with Gasteiger partial charge in [0, 0.05) is 49.4 Å². The summed E-state index contributed by atoms with van der Waals surface area (Å²) in [5.74, 6) is 0. The van der Waals surface area contributed by atoms with Crippen LogP contribution in [0.1, 0.15) is 28.9 Å². The fourth-order valence-electron chi connectivity index (χ4n) is 9.23. The Balaban J connectivity index is 1.09. The van der Waals surface area contributed by atoms with E-state index in [1.54, 1.807) is 0 Å². The molecule has 0 spiro atoms. The van der Waals surface area contributed by atoms with Gasteiger partial charge in [-0.1, -0.05) is 127 Å². The third kappa shape index (κ3) is 4.99. The number of rotatable bonds is 5. The molecule has 2 unspecified atom stereocenters. The first kappa shape index (κ1) is 32.0. The Morgan fingerprint density at radius 2 is 1.09 bits per heavy atom. The predicted molar refractivity (Wildman–Crippen MR) is 235 cm³/mol. The molecule has 4 heterocycles. The second-order valence-corrected chi connectivity index (χ2v) is 15.0. The molecule has 1 aliphatic rings. The molecule has 5 heteroatoms. The maximum atomic E-state index is 6.44. The van der Waals surface area contributed by atoms with Gasteiger partial charge in [0.15, 0.2) is 0 Å². The summed E-state index contributed by atoms with van der Waals surface area (Å²) in [4.78, 5) is 0. The van der Waals surface area contributed by atoms with Crippen molar-refractivity contribution in [3.05, 3.63) is 211 Å². The molecule has 0 bridgehead atoms. The molecule has 57 heavy (non-hydrogen) atoms. The minimum Gasteiger partial charge on any atom is -0.456 e. The highest BCUT2D eigenvalue weighted by Gasteiger charge is 2.26. The maximum absolute atomic E-state index is 6.44. The summed E-state index contributed by atoms with van der Waals surface area (Å²) in [5.41, 5.74) is 13.4. The Hall–Kier alpha value is -7.34. The summed E-state index contributed by atoms with van der Waals surface area (Å²) in [5, 5.41) is 14.9. The van der Waals surface area contributed by atoms with Crippen LogP contribution in [0, 0.1) is 0 Å². The van der Waals surface area contributed by atoms with Gasteiger partial charge in [-0.2, -0.15) is 0 Å². The predicted octanol–water partition coefficient (Wildman–Crippen LogP) is 12.8. The van der Waals surface area contributed by atoms with Crippen LogP contribution in [0.3, 0.4) is 0 Å². The second-order valence-electron chi connectivity index (χ2n) is 15.0. The highest BCUT2D eigenvalue weighted by atomic mass is 16.3. The molecule has 0 saturated carbocycles. The number of nitrogens with one attached hydrogen (secondary N) is 2. The fraction of sp³-hybridized carbons (Fsp3) is 0.0385. The zero-order valence-electron chi connectivity index (χ0n) is 30.9. The van der Waals surface area contributed by atoms with E-state index < -0.39 is 0 Å². The lowest BCUT2D eigenvalue weighted by Gasteiger charge is -2.33. The highest BCUT2D eigenvalue weighted by Crippen LogP contribution is 2.44. The van der Waals surface area contributed by atoms with E-state index in [0.29, 0.717) is 0 Å². The van der Waals surface area contributed by atoms with Crippen molar-refractivity contribution in [2.45, 2.75) is 12.2 Å². The van der Waals surface area contributed by atoms with Crippen LogP contribution in [0.15, 0.2) is 199 Å². The lowest BCUT2D eigenvalue weighted by Crippen LogP contribution is -2.39. The van der Waals surface area contributed by atoms with Crippen LogP contribution in [-0.4, -0.2) is 9.13 Å². The zero-order valence-corrected chi connectivity index (χ0v) is 30.9. The van der Waals surface area contributed by atoms with Gasteiger partial charge in [-0.25, -0.2) is 0 Å². The summed E-state index contributed by atoms with van der Waals surface area (Å²) in [6.45, 7) is 0. The SMILES string of the molecule is C1=C(c2ccccc2)NC(c2cccc(-n3c4ccccc4c4cc5c6c7c(ccc6n(-c6ccccc6)c5cc43)oc3ccccc37)c2)NC1c1ccccc1. The van der Waals surface area contributed by atoms with Crippen LogP contribution in [0.5, 0.6) is 0 Å². The van der Waals surface area contributed by atoms with Crippen LogP contribution in [0.4, 0.5) is 0 Å². The summed E-state index contributed by atoms with van der Waals surface area (Å²) >= 11 is 0. The molecule has 2 N–H and O–H groups in total. The van der Waals surface area contributed by atoms with E-state index in [-0.39, 0.29) is 12.2 Å². The van der Waals surface area contributed by atoms with Crippen molar-refractivity contribution in [1.82, 2.24) is 19.8 Å². The molecule has 0 saturated heterocycles. The van der Waals surface area contributed by atoms with Crippen LogP contribution < -0.4 is 10.6 Å². The summed E-state index contributed by atoms with van der Waals surface area (Å²) < 4.78 is 11.3. The smallest absolute Gasteiger partial charge is 0.136 e. The third-order valence-corrected chi connectivity index (χ3v) is 11.8. The lowest BCUT2D eigenvalue weighted by atomic mass is 9.98. The Morgan fingerprint density at radius 3 is 1.93 bits per heavy atom. The van der Waals surface area contributed by atoms with Crippen molar-refractivity contribution in [2.75, 3.05) is 0 Å². The number of aromatic nitrogens is 2. The molecule has 270 valence electrons. The Morgan fingerprint density at radius 1 is 0.421 bits per heavy atom. The number of hydrogen-bond donors (Lipinski definition) is 2. The standard InChI is InChI=1S/C52H36N4O/c1-4-15-33(16-5-1)42-31-43(34-17-6-2-7-18-34)54-52(53-42)35-19-14-22-37(29-35)56-44-25-12-10-23-38(44)40-30-41-47(32-46(40)56)55(36-20-8-3-9-21-36)45-27-28-49-51(50(41)45)39-24-11-13-26-48(39)57-49/h1-32,42,52-54H. The minimum atomic E-state index is -0.122. The molecule has 0 amide bonds. The summed E-state index contributed by atoms with van der Waals surface area (Å²) in [6.07, 6.45) is 2.18. The number of furan rings is 1. The van der Waals surface area contributed by atoms with E-state index in [9.17, 15) is 0 Å². The molecule has 5 nitrogen and oxygen atoms in total. The van der Waals surface area contributed by atoms with Gasteiger partial charge >= 0.3 is 0 Å². The van der Waals surface area contributed by atoms with Crippen molar-refractivity contribution in [3.63, 3.8) is 0 Å². The van der Waals surface area contributed by atoms with E-state index >= 15 is 0 Å². The minimum absolute atomic E-state index is 0.0385. The molecule has 12 rings (SSSR count). The van der Waals surface area contributed by atoms with Gasteiger partial charge in [-0.3, -0.25) is 5.32 Å². The van der Waals surface area contributed by atoms with Crippen LogP contribution in [0.25, 0.3) is 82.6 Å². The van der Waals surface area contributed by atoms with Crippen molar-refractivity contribution in [3.8, 4) is 11.4 Å². The van der Waals surface area contributed by atoms with Gasteiger partial charge in [0.05, 0.1) is 28.1 Å². The summed E-state index contributed by atoms with van der Waals surface area (Å²) in [7, 11) is 0. The molecule has 2 atom stereocenters. The second kappa shape index (κ2) is 12.6. The first-order chi connectivity index (χ1) is 28.3. The van der Waals surface area contributed by atoms with E-state index in [4.69, 9.17) is 4.42 Å². The van der Waals surface area contributed by atoms with Crippen molar-refractivity contribution >= 4 is 71.2 Å². The number of para-hydroxylation sites is 3. The van der Waals surface area contributed by atoms with E-state index in [0.717, 1.165) is 61.1 Å². The molecule has 3 aromatic heterocycles. The number of benzene rings is 8. The van der Waals surface area contributed by atoms with Gasteiger partial charge in [-0.15, -0.1) is 0 Å². The monoisotopic (exact) mass is 732 g/mol. The van der Waals surface area contributed by atoms with E-state index in [2.05, 4.69) is 208 Å². The first-order valence-electron chi connectivity index (χ1n) is 19.6. The van der Waals surface area contributed by atoms with Crippen LogP contribution in [0.2, 0.25) is 0 Å². The highest BCUT2D eigenvalue weighted by molar-refractivity contribution is 6.29. The quantitative estimate of drug-likeness (QED) is 0.185. The Labute approximate surface area is 328 Å². The largest absolute Gasteiger partial charge is 0.456 e. The Kier molecular flexibility index (Phi) is 7.06. The molecule has 8 aromatic carbocycles. The maximum Gasteiger partial charge on any atom is 0.136 e.